The summed E-state index contributed by atoms with van der Waals surface area (Å²) in [7, 11) is 0. The molecule has 0 radical (unpaired) electrons. The molecule has 5 nitrogen and oxygen atoms in total. The number of fused-ring (bicyclic) bond motifs is 1. The molecule has 0 amide bonds. The van der Waals surface area contributed by atoms with Gasteiger partial charge in [0, 0.05) is 10.4 Å². The fourth-order valence-corrected chi connectivity index (χ4v) is 1.64. The molecule has 0 atom stereocenters. The lowest BCUT2D eigenvalue weighted by molar-refractivity contribution is -0.137. The number of aromatic nitrogens is 2. The third kappa shape index (κ3) is 1.71. The number of benzene rings is 1. The third-order valence-corrected chi connectivity index (χ3v) is 2.32. The Morgan fingerprint density at radius 3 is 3.00 bits per heavy atom. The molecule has 1 aromatic heterocycles. The van der Waals surface area contributed by atoms with E-state index in [0.717, 1.165) is 0 Å². The highest BCUT2D eigenvalue weighted by atomic mass is 35.5. The second-order valence-electron chi connectivity index (χ2n) is 3.15. The highest BCUT2D eigenvalue weighted by Crippen LogP contribution is 2.27. The SMILES string of the molecule is [C-]#[N+]c1nn(CC(=O)O)c2ccc(Cl)cc12. The summed E-state index contributed by atoms with van der Waals surface area (Å²) in [5.41, 5.74) is 0.595. The number of nitrogens with zero attached hydrogens (tertiary/aromatic N) is 3. The van der Waals surface area contributed by atoms with Gasteiger partial charge in [0.05, 0.1) is 5.52 Å². The minimum Gasteiger partial charge on any atom is -0.480 e. The van der Waals surface area contributed by atoms with Crippen molar-refractivity contribution in [2.75, 3.05) is 0 Å². The second kappa shape index (κ2) is 3.83. The lowest BCUT2D eigenvalue weighted by Crippen LogP contribution is -2.09. The Bertz CT molecular complexity index is 612. The third-order valence-electron chi connectivity index (χ3n) is 2.08. The monoisotopic (exact) mass is 235 g/mol. The second-order valence-corrected chi connectivity index (χ2v) is 3.58. The highest BCUT2D eigenvalue weighted by molar-refractivity contribution is 6.31. The lowest BCUT2D eigenvalue weighted by Gasteiger charge is -1.95. The van der Waals surface area contributed by atoms with Crippen LogP contribution in [0.25, 0.3) is 15.7 Å². The molecule has 0 saturated carbocycles. The molecule has 0 aliphatic rings. The van der Waals surface area contributed by atoms with Crippen LogP contribution >= 0.6 is 11.6 Å². The molecule has 2 rings (SSSR count). The molecule has 0 aliphatic heterocycles. The highest BCUT2D eigenvalue weighted by Gasteiger charge is 2.14. The zero-order chi connectivity index (χ0) is 11.7. The summed E-state index contributed by atoms with van der Waals surface area (Å²) < 4.78 is 1.28. The Kier molecular flexibility index (Phi) is 2.50. The number of carboxylic acid groups (broad SMARTS) is 1. The molecule has 2 aromatic rings. The zero-order valence-corrected chi connectivity index (χ0v) is 8.77. The Balaban J connectivity index is 2.69. The zero-order valence-electron chi connectivity index (χ0n) is 8.01. The standard InChI is InChI=1S/C10H6ClN3O2/c1-12-10-7-4-6(11)2-3-8(7)14(13-10)5-9(15)16/h2-4H,5H2,(H,15,16). The van der Waals surface area contributed by atoms with E-state index in [2.05, 4.69) is 9.94 Å². The molecule has 0 spiro atoms. The van der Waals surface area contributed by atoms with Gasteiger partial charge in [-0.15, -0.1) is 0 Å². The number of halogens is 1. The molecule has 1 N–H and O–H groups in total. The van der Waals surface area contributed by atoms with Crippen LogP contribution in [0.4, 0.5) is 5.82 Å². The molecule has 1 aromatic carbocycles. The Labute approximate surface area is 95.7 Å². The van der Waals surface area contributed by atoms with Crippen molar-refractivity contribution in [3.63, 3.8) is 0 Å². The van der Waals surface area contributed by atoms with Crippen molar-refractivity contribution < 1.29 is 9.90 Å². The van der Waals surface area contributed by atoms with Gasteiger partial charge in [-0.1, -0.05) is 18.2 Å². The van der Waals surface area contributed by atoms with Gasteiger partial charge in [-0.2, -0.15) is 4.68 Å². The van der Waals surface area contributed by atoms with E-state index in [9.17, 15) is 4.79 Å². The maximum Gasteiger partial charge on any atom is 0.327 e. The Hall–Kier alpha value is -2.06. The van der Waals surface area contributed by atoms with Crippen molar-refractivity contribution in [3.8, 4) is 0 Å². The summed E-state index contributed by atoms with van der Waals surface area (Å²) in [6, 6.07) is 4.90. The van der Waals surface area contributed by atoms with Crippen LogP contribution in [-0.2, 0) is 11.3 Å². The number of hydrogen-bond donors (Lipinski definition) is 1. The Morgan fingerprint density at radius 1 is 1.62 bits per heavy atom. The predicted molar refractivity (Wildman–Crippen MR) is 58.6 cm³/mol. The topological polar surface area (TPSA) is 59.5 Å². The van der Waals surface area contributed by atoms with E-state index < -0.39 is 5.97 Å². The van der Waals surface area contributed by atoms with Gasteiger partial charge in [-0.3, -0.25) is 4.79 Å². The van der Waals surface area contributed by atoms with Crippen molar-refractivity contribution in [1.29, 1.82) is 0 Å². The maximum atomic E-state index is 10.6. The molecule has 80 valence electrons. The van der Waals surface area contributed by atoms with Crippen LogP contribution in [0.1, 0.15) is 0 Å². The minimum absolute atomic E-state index is 0.166. The molecule has 0 unspecified atom stereocenters. The first-order valence-corrected chi connectivity index (χ1v) is 4.75. The van der Waals surface area contributed by atoms with E-state index in [1.165, 1.54) is 4.68 Å². The van der Waals surface area contributed by atoms with E-state index in [4.69, 9.17) is 23.3 Å². The predicted octanol–water partition coefficient (Wildman–Crippen LogP) is 2.33. The van der Waals surface area contributed by atoms with Gasteiger partial charge in [0.1, 0.15) is 0 Å². The van der Waals surface area contributed by atoms with E-state index >= 15 is 0 Å². The smallest absolute Gasteiger partial charge is 0.327 e. The van der Waals surface area contributed by atoms with Crippen LogP contribution in [0.5, 0.6) is 0 Å². The van der Waals surface area contributed by atoms with E-state index in [1.54, 1.807) is 18.2 Å². The molecule has 16 heavy (non-hydrogen) atoms. The van der Waals surface area contributed by atoms with Gasteiger partial charge < -0.3 is 9.95 Å². The summed E-state index contributed by atoms with van der Waals surface area (Å²) >= 11 is 5.81. The van der Waals surface area contributed by atoms with Crippen LogP contribution < -0.4 is 0 Å². The van der Waals surface area contributed by atoms with Crippen molar-refractivity contribution in [2.45, 2.75) is 6.54 Å². The van der Waals surface area contributed by atoms with Gasteiger partial charge in [0.25, 0.3) is 0 Å². The van der Waals surface area contributed by atoms with Gasteiger partial charge in [0.15, 0.2) is 6.54 Å². The fourth-order valence-electron chi connectivity index (χ4n) is 1.47. The summed E-state index contributed by atoms with van der Waals surface area (Å²) in [5.74, 6) is -0.838. The number of rotatable bonds is 2. The van der Waals surface area contributed by atoms with Gasteiger partial charge in [-0.25, -0.2) is 0 Å². The van der Waals surface area contributed by atoms with Crippen molar-refractivity contribution in [1.82, 2.24) is 9.78 Å². The molecular formula is C10H6ClN3O2. The quantitative estimate of drug-likeness (QED) is 0.813. The minimum atomic E-state index is -1.00. The lowest BCUT2D eigenvalue weighted by atomic mass is 10.2. The van der Waals surface area contributed by atoms with E-state index in [0.29, 0.717) is 15.9 Å². The van der Waals surface area contributed by atoms with E-state index in [1.807, 2.05) is 0 Å². The number of aliphatic carboxylic acids is 1. The van der Waals surface area contributed by atoms with Crippen molar-refractivity contribution in [3.05, 3.63) is 34.6 Å². The maximum absolute atomic E-state index is 10.6. The van der Waals surface area contributed by atoms with Crippen LogP contribution in [0.3, 0.4) is 0 Å². The van der Waals surface area contributed by atoms with Crippen LogP contribution in [0.2, 0.25) is 5.02 Å². The molecule has 0 saturated heterocycles. The van der Waals surface area contributed by atoms with Crippen molar-refractivity contribution in [2.24, 2.45) is 0 Å². The normalized spacial score (nSPS) is 10.2. The van der Waals surface area contributed by atoms with Gasteiger partial charge >= 0.3 is 11.8 Å². The van der Waals surface area contributed by atoms with Crippen LogP contribution in [0.15, 0.2) is 18.2 Å². The van der Waals surface area contributed by atoms with Crippen molar-refractivity contribution >= 4 is 34.3 Å². The average molecular weight is 236 g/mol. The first-order valence-electron chi connectivity index (χ1n) is 4.37. The van der Waals surface area contributed by atoms with Gasteiger partial charge in [-0.05, 0) is 23.3 Å². The van der Waals surface area contributed by atoms with Crippen LogP contribution in [-0.4, -0.2) is 20.9 Å². The molecule has 0 aliphatic carbocycles. The summed E-state index contributed by atoms with van der Waals surface area (Å²) in [6.45, 7) is 6.68. The fraction of sp³-hybridized carbons (Fsp3) is 0.100. The first kappa shape index (κ1) is 10.5. The number of carboxylic acids is 1. The summed E-state index contributed by atoms with van der Waals surface area (Å²) in [6.07, 6.45) is 0. The number of carbonyl (C=O) groups is 1. The van der Waals surface area contributed by atoms with Crippen LogP contribution in [0, 0.1) is 6.57 Å². The molecule has 6 heteroatoms. The Morgan fingerprint density at radius 2 is 2.38 bits per heavy atom. The summed E-state index contributed by atoms with van der Waals surface area (Å²) in [5, 5.41) is 13.7. The largest absolute Gasteiger partial charge is 0.480 e. The molecule has 0 bridgehead atoms. The molecule has 1 heterocycles. The summed E-state index contributed by atoms with van der Waals surface area (Å²) in [4.78, 5) is 13.8. The number of hydrogen-bond acceptors (Lipinski definition) is 2. The van der Waals surface area contributed by atoms with Gasteiger partial charge in [0.2, 0.25) is 0 Å². The molecular weight excluding hydrogens is 230 g/mol. The first-order chi connectivity index (χ1) is 7.61. The average Bonchev–Trinajstić information content (AvgIpc) is 2.55. The van der Waals surface area contributed by atoms with E-state index in [-0.39, 0.29) is 12.4 Å². The molecule has 0 fully saturated rings.